The molecule has 2 atom stereocenters. The third-order valence-electron chi connectivity index (χ3n) is 8.97. The first-order chi connectivity index (χ1) is 23.1. The van der Waals surface area contributed by atoms with Crippen LogP contribution in [0.5, 0.6) is 5.75 Å². The lowest BCUT2D eigenvalue weighted by Crippen LogP contribution is -2.58. The van der Waals surface area contributed by atoms with E-state index in [0.29, 0.717) is 63.0 Å². The van der Waals surface area contributed by atoms with Gasteiger partial charge in [-0.3, -0.25) is 9.59 Å². The maximum atomic E-state index is 14.9. The maximum Gasteiger partial charge on any atom is 0.260 e. The van der Waals surface area contributed by atoms with Gasteiger partial charge in [0.2, 0.25) is 11.8 Å². The molecule has 9 nitrogen and oxygen atoms in total. The van der Waals surface area contributed by atoms with E-state index in [0.717, 1.165) is 27.9 Å². The standard InChI is InChI=1S/C38H37N3O6/c42-21-6-22-46-32-17-15-30(16-18-32)36-39-38(35(47-36)29-13-11-28(12-14-29)27-7-2-1-3-8-27)25-31-9-4-5-10-33(31)41(37(38)44)26-34(43)40-19-23-45-24-20-40/h1-5,7-18,35,42H,6,19-26H2/t35-,38-/m1/s1. The highest BCUT2D eigenvalue weighted by Crippen LogP contribution is 2.48. The summed E-state index contributed by atoms with van der Waals surface area (Å²) in [5, 5.41) is 9.09. The maximum absolute atomic E-state index is 14.9. The van der Waals surface area contributed by atoms with Gasteiger partial charge in [-0.25, -0.2) is 4.99 Å². The molecule has 4 aromatic carbocycles. The zero-order valence-corrected chi connectivity index (χ0v) is 26.1. The molecule has 3 heterocycles. The van der Waals surface area contributed by atoms with Crippen LogP contribution in [0.2, 0.25) is 0 Å². The van der Waals surface area contributed by atoms with E-state index in [2.05, 4.69) is 12.1 Å². The minimum atomic E-state index is -1.33. The van der Waals surface area contributed by atoms with Crippen LogP contribution in [0.15, 0.2) is 108 Å². The number of carbonyl (C=O) groups is 2. The topological polar surface area (TPSA) is 101 Å². The Morgan fingerprint density at radius 2 is 1.55 bits per heavy atom. The molecule has 7 rings (SSSR count). The Morgan fingerprint density at radius 1 is 0.872 bits per heavy atom. The second kappa shape index (κ2) is 13.4. The zero-order chi connectivity index (χ0) is 32.2. The van der Waals surface area contributed by atoms with Crippen molar-refractivity contribution >= 4 is 23.4 Å². The van der Waals surface area contributed by atoms with Crippen LogP contribution in [0.3, 0.4) is 0 Å². The Kier molecular flexibility index (Phi) is 8.74. The van der Waals surface area contributed by atoms with Gasteiger partial charge >= 0.3 is 0 Å². The number of aliphatic hydroxyl groups is 1. The highest BCUT2D eigenvalue weighted by molar-refractivity contribution is 6.10. The van der Waals surface area contributed by atoms with Gasteiger partial charge in [0.1, 0.15) is 12.3 Å². The van der Waals surface area contributed by atoms with E-state index in [4.69, 9.17) is 24.3 Å². The Hall–Kier alpha value is -4.99. The van der Waals surface area contributed by atoms with Crippen molar-refractivity contribution in [3.63, 3.8) is 0 Å². The molecule has 0 aromatic heterocycles. The fourth-order valence-electron chi connectivity index (χ4n) is 6.51. The predicted molar refractivity (Wildman–Crippen MR) is 179 cm³/mol. The average molecular weight is 632 g/mol. The SMILES string of the molecule is O=C(CN1C(=O)[C@]2(Cc3ccccc31)N=C(c1ccc(OCCCO)cc1)O[C@@H]2c1ccc(-c2ccccc2)cc1)N1CCOCC1. The van der Waals surface area contributed by atoms with Crippen LogP contribution < -0.4 is 9.64 Å². The number of morpholine rings is 1. The van der Waals surface area contributed by atoms with Gasteiger partial charge in [0, 0.05) is 43.8 Å². The number of anilines is 1. The summed E-state index contributed by atoms with van der Waals surface area (Å²) in [6.07, 6.45) is 0.129. The van der Waals surface area contributed by atoms with Crippen LogP contribution in [0, 0.1) is 0 Å². The highest BCUT2D eigenvalue weighted by Gasteiger charge is 2.57. The molecule has 9 heteroatoms. The lowest BCUT2D eigenvalue weighted by molar-refractivity contribution is -0.136. The first-order valence-corrected chi connectivity index (χ1v) is 16.1. The normalized spacial score (nSPS) is 20.5. The van der Waals surface area contributed by atoms with Crippen LogP contribution >= 0.6 is 0 Å². The summed E-state index contributed by atoms with van der Waals surface area (Å²) in [7, 11) is 0. The molecule has 3 aliphatic rings. The van der Waals surface area contributed by atoms with Crippen molar-refractivity contribution in [1.82, 2.24) is 4.90 Å². The van der Waals surface area contributed by atoms with Gasteiger partial charge < -0.3 is 29.1 Å². The van der Waals surface area contributed by atoms with E-state index in [1.54, 1.807) is 9.80 Å². The predicted octanol–water partition coefficient (Wildman–Crippen LogP) is 4.82. The molecule has 1 N–H and O–H groups in total. The molecular weight excluding hydrogens is 594 g/mol. The lowest BCUT2D eigenvalue weighted by atomic mass is 9.78. The van der Waals surface area contributed by atoms with E-state index < -0.39 is 11.6 Å². The van der Waals surface area contributed by atoms with Crippen molar-refractivity contribution in [3.05, 3.63) is 120 Å². The monoisotopic (exact) mass is 631 g/mol. The third kappa shape index (κ3) is 6.12. The van der Waals surface area contributed by atoms with E-state index in [1.165, 1.54) is 0 Å². The summed E-state index contributed by atoms with van der Waals surface area (Å²) in [5.74, 6) is 0.626. The van der Waals surface area contributed by atoms with E-state index in [-0.39, 0.29) is 25.0 Å². The lowest BCUT2D eigenvalue weighted by Gasteiger charge is -2.41. The molecule has 0 saturated carbocycles. The molecule has 1 spiro atoms. The number of hydrogen-bond acceptors (Lipinski definition) is 7. The van der Waals surface area contributed by atoms with Gasteiger partial charge in [-0.1, -0.05) is 72.8 Å². The molecule has 3 aliphatic heterocycles. The fourth-order valence-corrected chi connectivity index (χ4v) is 6.51. The third-order valence-corrected chi connectivity index (χ3v) is 8.97. The van der Waals surface area contributed by atoms with Crippen molar-refractivity contribution in [3.8, 4) is 16.9 Å². The summed E-state index contributed by atoms with van der Waals surface area (Å²) < 4.78 is 17.9. The van der Waals surface area contributed by atoms with Crippen LogP contribution in [0.1, 0.15) is 29.2 Å². The van der Waals surface area contributed by atoms with Crippen molar-refractivity contribution in [2.75, 3.05) is 51.0 Å². The number of rotatable bonds is 9. The van der Waals surface area contributed by atoms with Crippen molar-refractivity contribution in [1.29, 1.82) is 0 Å². The van der Waals surface area contributed by atoms with Gasteiger partial charge in [0.15, 0.2) is 11.6 Å². The molecule has 47 heavy (non-hydrogen) atoms. The Labute approximate surface area is 274 Å². The molecule has 1 fully saturated rings. The van der Waals surface area contributed by atoms with Crippen molar-refractivity contribution in [2.24, 2.45) is 4.99 Å². The summed E-state index contributed by atoms with van der Waals surface area (Å²) in [6.45, 7) is 2.32. The Morgan fingerprint density at radius 3 is 2.30 bits per heavy atom. The molecule has 1 saturated heterocycles. The van der Waals surface area contributed by atoms with Crippen molar-refractivity contribution in [2.45, 2.75) is 24.5 Å². The van der Waals surface area contributed by atoms with Crippen LogP contribution in [-0.2, 0) is 25.5 Å². The average Bonchev–Trinajstić information content (AvgIpc) is 3.51. The molecule has 0 unspecified atom stereocenters. The Bertz CT molecular complexity index is 1750. The number of nitrogens with zero attached hydrogens (tertiary/aromatic N) is 3. The number of aliphatic imine (C=N–C) groups is 1. The molecule has 2 amide bonds. The minimum absolute atomic E-state index is 0.0603. The second-order valence-corrected chi connectivity index (χ2v) is 12.0. The largest absolute Gasteiger partial charge is 0.494 e. The van der Waals surface area contributed by atoms with Gasteiger partial charge in [-0.2, -0.15) is 0 Å². The molecule has 0 bridgehead atoms. The Balaban J connectivity index is 1.27. The first-order valence-electron chi connectivity index (χ1n) is 16.1. The summed E-state index contributed by atoms with van der Waals surface area (Å²) in [6, 6.07) is 33.3. The molecule has 240 valence electrons. The highest BCUT2D eigenvalue weighted by atomic mass is 16.5. The van der Waals surface area contributed by atoms with Gasteiger partial charge in [-0.15, -0.1) is 0 Å². The van der Waals surface area contributed by atoms with Gasteiger partial charge in [0.25, 0.3) is 5.91 Å². The van der Waals surface area contributed by atoms with Crippen LogP contribution in [0.25, 0.3) is 11.1 Å². The van der Waals surface area contributed by atoms with Crippen molar-refractivity contribution < 1.29 is 28.9 Å². The van der Waals surface area contributed by atoms with E-state index in [9.17, 15) is 9.59 Å². The van der Waals surface area contributed by atoms with Crippen LogP contribution in [0.4, 0.5) is 5.69 Å². The molecular formula is C38H37N3O6. The quantitative estimate of drug-likeness (QED) is 0.266. The van der Waals surface area contributed by atoms with Crippen LogP contribution in [-0.4, -0.2) is 79.3 Å². The second-order valence-electron chi connectivity index (χ2n) is 12.0. The number of benzene rings is 4. The zero-order valence-electron chi connectivity index (χ0n) is 26.1. The number of carbonyl (C=O) groups excluding carboxylic acids is 2. The smallest absolute Gasteiger partial charge is 0.260 e. The number of ether oxygens (including phenoxy) is 3. The molecule has 0 aliphatic carbocycles. The number of para-hydroxylation sites is 1. The number of amides is 2. The minimum Gasteiger partial charge on any atom is -0.494 e. The van der Waals surface area contributed by atoms with Gasteiger partial charge in [-0.05, 0) is 52.6 Å². The fraction of sp³-hybridized carbons (Fsp3) is 0.289. The number of hydrogen-bond donors (Lipinski definition) is 1. The van der Waals surface area contributed by atoms with E-state index in [1.807, 2.05) is 91.0 Å². The van der Waals surface area contributed by atoms with Gasteiger partial charge in [0.05, 0.1) is 19.8 Å². The summed E-state index contributed by atoms with van der Waals surface area (Å²) in [5.41, 5.74) is 3.99. The number of fused-ring (bicyclic) bond motifs is 1. The molecule has 4 aromatic rings. The first kappa shape index (κ1) is 30.7. The van der Waals surface area contributed by atoms with E-state index >= 15 is 0 Å². The number of aliphatic hydroxyl groups excluding tert-OH is 1. The molecule has 0 radical (unpaired) electrons. The summed E-state index contributed by atoms with van der Waals surface area (Å²) >= 11 is 0. The summed E-state index contributed by atoms with van der Waals surface area (Å²) in [4.78, 5) is 36.9.